The fourth-order valence-electron chi connectivity index (χ4n) is 3.06. The first-order chi connectivity index (χ1) is 12.6. The summed E-state index contributed by atoms with van der Waals surface area (Å²) in [5, 5.41) is 8.36. The van der Waals surface area contributed by atoms with Crippen LogP contribution in [-0.2, 0) is 6.54 Å². The second-order valence-electron chi connectivity index (χ2n) is 6.37. The average Bonchev–Trinajstić information content (AvgIpc) is 2.68. The number of benzene rings is 2. The molecule has 0 spiro atoms. The van der Waals surface area contributed by atoms with Crippen molar-refractivity contribution in [2.45, 2.75) is 39.7 Å². The topological polar surface area (TPSA) is 64.0 Å². The van der Waals surface area contributed by atoms with Crippen LogP contribution in [0.3, 0.4) is 0 Å². The maximum Gasteiger partial charge on any atom is 0.276 e. The Bertz CT molecular complexity index is 1010. The van der Waals surface area contributed by atoms with E-state index in [4.69, 9.17) is 0 Å². The van der Waals surface area contributed by atoms with Gasteiger partial charge in [0.25, 0.3) is 11.5 Å². The third-order valence-electron chi connectivity index (χ3n) is 4.73. The van der Waals surface area contributed by atoms with Crippen LogP contribution in [0, 0.1) is 0 Å². The number of rotatable bonds is 5. The van der Waals surface area contributed by atoms with Crippen LogP contribution in [0.15, 0.2) is 53.3 Å². The Labute approximate surface area is 152 Å². The van der Waals surface area contributed by atoms with Gasteiger partial charge < -0.3 is 5.32 Å². The van der Waals surface area contributed by atoms with Crippen LogP contribution in [0.5, 0.6) is 0 Å². The summed E-state index contributed by atoms with van der Waals surface area (Å²) >= 11 is 0. The SMILES string of the molecule is CC[C@@H](C)c1ccccc1NC(=O)c1nn(CC)c(=O)c2ccccc12. The van der Waals surface area contributed by atoms with Gasteiger partial charge in [-0.3, -0.25) is 9.59 Å². The van der Waals surface area contributed by atoms with Crippen molar-refractivity contribution in [1.82, 2.24) is 9.78 Å². The molecule has 1 atom stereocenters. The van der Waals surface area contributed by atoms with Crippen LogP contribution in [0.4, 0.5) is 5.69 Å². The summed E-state index contributed by atoms with van der Waals surface area (Å²) in [6.45, 7) is 6.50. The highest BCUT2D eigenvalue weighted by atomic mass is 16.2. The van der Waals surface area contributed by atoms with Gasteiger partial charge in [-0.1, -0.05) is 50.2 Å². The van der Waals surface area contributed by atoms with Gasteiger partial charge >= 0.3 is 0 Å². The monoisotopic (exact) mass is 349 g/mol. The van der Waals surface area contributed by atoms with Gasteiger partial charge in [-0.25, -0.2) is 4.68 Å². The lowest BCUT2D eigenvalue weighted by molar-refractivity contribution is 0.102. The van der Waals surface area contributed by atoms with E-state index in [2.05, 4.69) is 24.3 Å². The third-order valence-corrected chi connectivity index (χ3v) is 4.73. The van der Waals surface area contributed by atoms with Crippen molar-refractivity contribution >= 4 is 22.4 Å². The number of hydrogen-bond donors (Lipinski definition) is 1. The average molecular weight is 349 g/mol. The van der Waals surface area contributed by atoms with E-state index in [1.54, 1.807) is 18.2 Å². The van der Waals surface area contributed by atoms with E-state index >= 15 is 0 Å². The molecule has 0 aliphatic rings. The Hall–Kier alpha value is -2.95. The highest BCUT2D eigenvalue weighted by Crippen LogP contribution is 2.27. The summed E-state index contributed by atoms with van der Waals surface area (Å²) in [6, 6.07) is 14.9. The second-order valence-corrected chi connectivity index (χ2v) is 6.37. The molecule has 5 nitrogen and oxygen atoms in total. The molecule has 1 heterocycles. The lowest BCUT2D eigenvalue weighted by atomic mass is 9.97. The molecule has 1 N–H and O–H groups in total. The number of nitrogens with zero attached hydrogens (tertiary/aromatic N) is 2. The van der Waals surface area contributed by atoms with Gasteiger partial charge in [-0.2, -0.15) is 5.10 Å². The smallest absolute Gasteiger partial charge is 0.276 e. The molecule has 0 aliphatic carbocycles. The third kappa shape index (κ3) is 3.25. The Kier molecular flexibility index (Phi) is 5.16. The van der Waals surface area contributed by atoms with Gasteiger partial charge in [0.15, 0.2) is 5.69 Å². The van der Waals surface area contributed by atoms with E-state index in [1.165, 1.54) is 4.68 Å². The number of amides is 1. The van der Waals surface area contributed by atoms with Crippen molar-refractivity contribution in [3.05, 3.63) is 70.1 Å². The van der Waals surface area contributed by atoms with Gasteiger partial charge in [-0.15, -0.1) is 0 Å². The summed E-state index contributed by atoms with van der Waals surface area (Å²) in [5.74, 6) is 0.0277. The molecule has 5 heteroatoms. The number of fused-ring (bicyclic) bond motifs is 1. The zero-order valence-corrected chi connectivity index (χ0v) is 15.3. The molecule has 0 fully saturated rings. The number of aryl methyl sites for hydroxylation is 1. The first kappa shape index (κ1) is 17.9. The fraction of sp³-hybridized carbons (Fsp3) is 0.286. The molecule has 134 valence electrons. The molecule has 0 saturated heterocycles. The molecular formula is C21H23N3O2. The molecule has 3 aromatic rings. The number of carbonyl (C=O) groups excluding carboxylic acids is 1. The van der Waals surface area contributed by atoms with Crippen LogP contribution >= 0.6 is 0 Å². The van der Waals surface area contributed by atoms with Crippen molar-refractivity contribution in [3.8, 4) is 0 Å². The van der Waals surface area contributed by atoms with E-state index in [9.17, 15) is 9.59 Å². The summed E-state index contributed by atoms with van der Waals surface area (Å²) in [4.78, 5) is 25.4. The zero-order chi connectivity index (χ0) is 18.7. The largest absolute Gasteiger partial charge is 0.320 e. The Morgan fingerprint density at radius 2 is 1.73 bits per heavy atom. The quantitative estimate of drug-likeness (QED) is 0.751. The van der Waals surface area contributed by atoms with Crippen molar-refractivity contribution in [1.29, 1.82) is 0 Å². The number of aromatic nitrogens is 2. The van der Waals surface area contributed by atoms with Crippen molar-refractivity contribution in [2.24, 2.45) is 0 Å². The minimum absolute atomic E-state index is 0.181. The maximum absolute atomic E-state index is 13.0. The van der Waals surface area contributed by atoms with E-state index in [0.717, 1.165) is 17.7 Å². The molecule has 0 radical (unpaired) electrons. The molecule has 1 aromatic heterocycles. The Morgan fingerprint density at radius 1 is 1.08 bits per heavy atom. The lowest BCUT2D eigenvalue weighted by Gasteiger charge is -2.16. The lowest BCUT2D eigenvalue weighted by Crippen LogP contribution is -2.27. The van der Waals surface area contributed by atoms with Gasteiger partial charge in [0, 0.05) is 17.6 Å². The predicted octanol–water partition coefficient (Wildman–Crippen LogP) is 4.18. The van der Waals surface area contributed by atoms with E-state index < -0.39 is 0 Å². The van der Waals surface area contributed by atoms with Gasteiger partial charge in [-0.05, 0) is 37.0 Å². The molecular weight excluding hydrogens is 326 g/mol. The number of anilines is 1. The molecule has 0 saturated carbocycles. The summed E-state index contributed by atoms with van der Waals surface area (Å²) in [6.07, 6.45) is 0.981. The van der Waals surface area contributed by atoms with Crippen LogP contribution in [0.2, 0.25) is 0 Å². The molecule has 1 amide bonds. The molecule has 2 aromatic carbocycles. The second kappa shape index (κ2) is 7.52. The van der Waals surface area contributed by atoms with E-state index in [0.29, 0.717) is 23.2 Å². The van der Waals surface area contributed by atoms with Gasteiger partial charge in [0.1, 0.15) is 0 Å². The molecule has 0 aliphatic heterocycles. The highest BCUT2D eigenvalue weighted by Gasteiger charge is 2.18. The van der Waals surface area contributed by atoms with Crippen molar-refractivity contribution < 1.29 is 4.79 Å². The number of para-hydroxylation sites is 1. The minimum atomic E-state index is -0.306. The zero-order valence-electron chi connectivity index (χ0n) is 15.3. The Morgan fingerprint density at radius 3 is 2.42 bits per heavy atom. The standard InChI is InChI=1S/C21H23N3O2/c1-4-14(3)15-10-8-9-13-18(15)22-20(25)19-16-11-6-7-12-17(16)21(26)24(5-2)23-19/h6-14H,4-5H2,1-3H3,(H,22,25)/t14-/m1/s1. The molecule has 0 bridgehead atoms. The first-order valence-electron chi connectivity index (χ1n) is 8.96. The van der Waals surface area contributed by atoms with E-state index in [1.807, 2.05) is 37.3 Å². The normalized spacial score (nSPS) is 12.1. The fourth-order valence-corrected chi connectivity index (χ4v) is 3.06. The van der Waals surface area contributed by atoms with Crippen molar-refractivity contribution in [2.75, 3.05) is 5.32 Å². The number of nitrogens with one attached hydrogen (secondary N) is 1. The molecule has 0 unspecified atom stereocenters. The highest BCUT2D eigenvalue weighted by molar-refractivity contribution is 6.11. The first-order valence-corrected chi connectivity index (χ1v) is 8.96. The maximum atomic E-state index is 13.0. The van der Waals surface area contributed by atoms with Gasteiger partial charge in [0.05, 0.1) is 5.39 Å². The molecule has 26 heavy (non-hydrogen) atoms. The Balaban J connectivity index is 2.07. The minimum Gasteiger partial charge on any atom is -0.320 e. The van der Waals surface area contributed by atoms with Crippen LogP contribution in [0.1, 0.15) is 49.2 Å². The van der Waals surface area contributed by atoms with Crippen LogP contribution in [-0.4, -0.2) is 15.7 Å². The van der Waals surface area contributed by atoms with E-state index in [-0.39, 0.29) is 17.2 Å². The van der Waals surface area contributed by atoms with Gasteiger partial charge in [0.2, 0.25) is 0 Å². The van der Waals surface area contributed by atoms with Crippen LogP contribution < -0.4 is 10.9 Å². The summed E-state index contributed by atoms with van der Waals surface area (Å²) < 4.78 is 1.33. The predicted molar refractivity (Wildman–Crippen MR) is 105 cm³/mol. The van der Waals surface area contributed by atoms with Crippen LogP contribution in [0.25, 0.3) is 10.8 Å². The van der Waals surface area contributed by atoms with Crippen molar-refractivity contribution in [3.63, 3.8) is 0 Å². The summed E-state index contributed by atoms with van der Waals surface area (Å²) in [5.41, 5.74) is 1.96. The number of carbonyl (C=O) groups is 1. The number of hydrogen-bond acceptors (Lipinski definition) is 3. The summed E-state index contributed by atoms with van der Waals surface area (Å²) in [7, 11) is 0. The molecule has 3 rings (SSSR count).